The van der Waals surface area contributed by atoms with Gasteiger partial charge in [0, 0.05) is 18.5 Å². The van der Waals surface area contributed by atoms with Gasteiger partial charge in [0.2, 0.25) is 0 Å². The number of rotatable bonds is 6. The molecule has 3 rings (SSSR count). The van der Waals surface area contributed by atoms with Crippen molar-refractivity contribution in [1.29, 1.82) is 0 Å². The highest BCUT2D eigenvalue weighted by atomic mass is 32.1. The van der Waals surface area contributed by atoms with Crippen molar-refractivity contribution in [3.8, 4) is 10.6 Å². The predicted molar refractivity (Wildman–Crippen MR) is 120 cm³/mol. The van der Waals surface area contributed by atoms with Gasteiger partial charge in [-0.05, 0) is 29.5 Å². The molecule has 0 bridgehead atoms. The van der Waals surface area contributed by atoms with Crippen molar-refractivity contribution in [2.24, 2.45) is 13.0 Å². The molecule has 1 amide bonds. The number of carbonyl (C=O) groups is 1. The topological polar surface area (TPSA) is 81.8 Å². The average Bonchev–Trinajstić information content (AvgIpc) is 3.32. The molecule has 1 atom stereocenters. The van der Waals surface area contributed by atoms with Crippen molar-refractivity contribution in [3.63, 3.8) is 0 Å². The molecule has 0 saturated carbocycles. The summed E-state index contributed by atoms with van der Waals surface area (Å²) in [5.41, 5.74) is 1.77. The molecule has 0 aliphatic rings. The van der Waals surface area contributed by atoms with Crippen LogP contribution in [0.25, 0.3) is 10.6 Å². The van der Waals surface area contributed by atoms with E-state index < -0.39 is 0 Å². The smallest absolute Gasteiger partial charge is 0.269 e. The molecule has 1 N–H and O–H groups in total. The van der Waals surface area contributed by atoms with Crippen molar-refractivity contribution in [1.82, 2.24) is 24.9 Å². The second-order valence-electron chi connectivity index (χ2n) is 8.83. The zero-order chi connectivity index (χ0) is 22.1. The normalized spacial score (nSPS) is 12.9. The summed E-state index contributed by atoms with van der Waals surface area (Å²) in [5, 5.41) is 14.0. The Hall–Kier alpha value is -2.74. The lowest BCUT2D eigenvalue weighted by Gasteiger charge is -2.23. The van der Waals surface area contributed by atoms with Gasteiger partial charge in [0.05, 0.1) is 23.2 Å². The summed E-state index contributed by atoms with van der Waals surface area (Å²) in [6.07, 6.45) is 0. The molecule has 3 aromatic heterocycles. The van der Waals surface area contributed by atoms with Crippen LogP contribution in [0, 0.1) is 5.92 Å². The molecule has 0 unspecified atom stereocenters. The number of aromatic nitrogens is 4. The average molecular weight is 428 g/mol. The zero-order valence-electron chi connectivity index (χ0n) is 18.3. The molecular formula is C22H29N5O2S. The molecule has 3 heterocycles. The summed E-state index contributed by atoms with van der Waals surface area (Å²) >= 11 is 1.57. The first-order valence-corrected chi connectivity index (χ1v) is 10.9. The standard InChI is InChI=1S/C22H29N5O2S/c1-14(2)16(23-21(29)17-12-19(22(3,4)5)25-26(17)6)13-27-20(28)10-9-15(24-27)18-8-7-11-30-18/h7-12,14,16H,13H2,1-6H3,(H,23,29)/t16-/m1/s1. The first kappa shape index (κ1) is 22.0. The van der Waals surface area contributed by atoms with Crippen molar-refractivity contribution in [3.05, 3.63) is 57.5 Å². The number of nitrogens with zero attached hydrogens (tertiary/aromatic N) is 4. The fraction of sp³-hybridized carbons (Fsp3) is 0.455. The monoisotopic (exact) mass is 427 g/mol. The van der Waals surface area contributed by atoms with Gasteiger partial charge in [0.1, 0.15) is 11.4 Å². The van der Waals surface area contributed by atoms with Crippen LogP contribution in [-0.4, -0.2) is 31.5 Å². The zero-order valence-corrected chi connectivity index (χ0v) is 19.2. The van der Waals surface area contributed by atoms with E-state index in [-0.39, 0.29) is 28.8 Å². The molecule has 0 saturated heterocycles. The molecular weight excluding hydrogens is 398 g/mol. The molecule has 0 aliphatic heterocycles. The minimum Gasteiger partial charge on any atom is -0.346 e. The van der Waals surface area contributed by atoms with Crippen LogP contribution in [-0.2, 0) is 19.0 Å². The van der Waals surface area contributed by atoms with Gasteiger partial charge in [-0.3, -0.25) is 14.3 Å². The SMILES string of the molecule is CC(C)[C@@H](Cn1nc(-c2cccs2)ccc1=O)NC(=O)c1cc(C(C)(C)C)nn1C. The first-order valence-electron chi connectivity index (χ1n) is 10.0. The van der Waals surface area contributed by atoms with Crippen LogP contribution in [0.5, 0.6) is 0 Å². The highest BCUT2D eigenvalue weighted by Gasteiger charge is 2.24. The van der Waals surface area contributed by atoms with E-state index in [9.17, 15) is 9.59 Å². The molecule has 3 aromatic rings. The predicted octanol–water partition coefficient (Wildman–Crippen LogP) is 3.46. The van der Waals surface area contributed by atoms with E-state index in [2.05, 4.69) is 36.3 Å². The number of thiophene rings is 1. The van der Waals surface area contributed by atoms with Crippen LogP contribution in [0.15, 0.2) is 40.5 Å². The molecule has 0 fully saturated rings. The Morgan fingerprint density at radius 1 is 1.20 bits per heavy atom. The third-order valence-corrected chi connectivity index (χ3v) is 5.90. The molecule has 0 spiro atoms. The molecule has 7 nitrogen and oxygen atoms in total. The Morgan fingerprint density at radius 2 is 1.93 bits per heavy atom. The summed E-state index contributed by atoms with van der Waals surface area (Å²) in [4.78, 5) is 26.4. The highest BCUT2D eigenvalue weighted by molar-refractivity contribution is 7.13. The van der Waals surface area contributed by atoms with E-state index >= 15 is 0 Å². The Balaban J connectivity index is 1.82. The Labute approximate surface area is 180 Å². The molecule has 0 radical (unpaired) electrons. The lowest BCUT2D eigenvalue weighted by molar-refractivity contribution is 0.0909. The van der Waals surface area contributed by atoms with Crippen LogP contribution >= 0.6 is 11.3 Å². The third kappa shape index (κ3) is 4.87. The Morgan fingerprint density at radius 3 is 2.50 bits per heavy atom. The lowest BCUT2D eigenvalue weighted by Crippen LogP contribution is -2.44. The van der Waals surface area contributed by atoms with Crippen LogP contribution < -0.4 is 10.9 Å². The van der Waals surface area contributed by atoms with E-state index in [1.807, 2.05) is 37.4 Å². The van der Waals surface area contributed by atoms with E-state index in [1.165, 1.54) is 10.7 Å². The second-order valence-corrected chi connectivity index (χ2v) is 9.78. The van der Waals surface area contributed by atoms with Gasteiger partial charge < -0.3 is 5.32 Å². The molecule has 8 heteroatoms. The fourth-order valence-electron chi connectivity index (χ4n) is 3.03. The van der Waals surface area contributed by atoms with E-state index in [1.54, 1.807) is 29.1 Å². The maximum Gasteiger partial charge on any atom is 0.269 e. The minimum absolute atomic E-state index is 0.114. The Kier molecular flexibility index (Phi) is 6.26. The summed E-state index contributed by atoms with van der Waals surface area (Å²) in [6.45, 7) is 10.5. The number of carbonyl (C=O) groups excluding carboxylic acids is 1. The number of nitrogens with one attached hydrogen (secondary N) is 1. The third-order valence-electron chi connectivity index (χ3n) is 5.01. The number of hydrogen-bond acceptors (Lipinski definition) is 5. The molecule has 160 valence electrons. The van der Waals surface area contributed by atoms with Gasteiger partial charge in [-0.25, -0.2) is 4.68 Å². The molecule has 0 aromatic carbocycles. The number of amides is 1. The summed E-state index contributed by atoms with van der Waals surface area (Å²) in [6, 6.07) is 8.76. The van der Waals surface area contributed by atoms with Crippen molar-refractivity contribution in [2.75, 3.05) is 0 Å². The van der Waals surface area contributed by atoms with Gasteiger partial charge in [0.25, 0.3) is 11.5 Å². The quantitative estimate of drug-likeness (QED) is 0.653. The molecule has 30 heavy (non-hydrogen) atoms. The van der Waals surface area contributed by atoms with Crippen LogP contribution in [0.4, 0.5) is 0 Å². The van der Waals surface area contributed by atoms with E-state index in [0.717, 1.165) is 16.3 Å². The van der Waals surface area contributed by atoms with Crippen molar-refractivity contribution < 1.29 is 4.79 Å². The van der Waals surface area contributed by atoms with Gasteiger partial charge in [-0.2, -0.15) is 10.2 Å². The Bertz CT molecular complexity index is 1070. The van der Waals surface area contributed by atoms with Crippen LogP contribution in [0.3, 0.4) is 0 Å². The molecule has 0 aliphatic carbocycles. The maximum absolute atomic E-state index is 13.0. The lowest BCUT2D eigenvalue weighted by atomic mass is 9.92. The van der Waals surface area contributed by atoms with Gasteiger partial charge >= 0.3 is 0 Å². The second kappa shape index (κ2) is 8.55. The summed E-state index contributed by atoms with van der Waals surface area (Å²) in [5.74, 6) is -0.0926. The van der Waals surface area contributed by atoms with E-state index in [0.29, 0.717) is 12.2 Å². The van der Waals surface area contributed by atoms with Crippen LogP contribution in [0.1, 0.15) is 50.8 Å². The fourth-order valence-corrected chi connectivity index (χ4v) is 3.72. The highest BCUT2D eigenvalue weighted by Crippen LogP contribution is 2.22. The maximum atomic E-state index is 13.0. The summed E-state index contributed by atoms with van der Waals surface area (Å²) in [7, 11) is 1.77. The van der Waals surface area contributed by atoms with Crippen molar-refractivity contribution in [2.45, 2.75) is 52.6 Å². The number of aryl methyl sites for hydroxylation is 1. The number of hydrogen-bond donors (Lipinski definition) is 1. The van der Waals surface area contributed by atoms with Crippen LogP contribution in [0.2, 0.25) is 0 Å². The largest absolute Gasteiger partial charge is 0.346 e. The minimum atomic E-state index is -0.255. The summed E-state index contributed by atoms with van der Waals surface area (Å²) < 4.78 is 3.04. The van der Waals surface area contributed by atoms with E-state index in [4.69, 9.17) is 0 Å². The van der Waals surface area contributed by atoms with Gasteiger partial charge in [-0.1, -0.05) is 40.7 Å². The first-order chi connectivity index (χ1) is 14.1. The van der Waals surface area contributed by atoms with Gasteiger partial charge in [-0.15, -0.1) is 11.3 Å². The van der Waals surface area contributed by atoms with Crippen molar-refractivity contribution >= 4 is 17.2 Å². The van der Waals surface area contributed by atoms with Gasteiger partial charge in [0.15, 0.2) is 0 Å².